The normalized spacial score (nSPS) is 11.2. The largest absolute Gasteiger partial charge is 0.496 e. The van der Waals surface area contributed by atoms with Crippen LogP contribution >= 0.6 is 0 Å². The molecule has 1 N–H and O–H groups in total. The maximum Gasteiger partial charge on any atom is 0.337 e. The smallest absolute Gasteiger partial charge is 0.337 e. The molecule has 0 aliphatic carbocycles. The topological polar surface area (TPSA) is 81.7 Å². The van der Waals surface area contributed by atoms with Crippen molar-refractivity contribution >= 4 is 16.0 Å². The lowest BCUT2D eigenvalue weighted by atomic mass is 10.1. The molecule has 0 atom stereocenters. The summed E-state index contributed by atoms with van der Waals surface area (Å²) < 4.78 is 37.0. The standard InChI is InChI=1S/C18H21NO5S/c1-13-12-16(8-9-17(13)23-2)25(21,22)19-11-10-14-4-6-15(7-5-14)18(20)24-3/h4-9,12,19H,10-11H2,1-3H3. The lowest BCUT2D eigenvalue weighted by Crippen LogP contribution is -2.26. The monoisotopic (exact) mass is 363 g/mol. The molecule has 0 aliphatic rings. The third kappa shape index (κ3) is 4.80. The Labute approximate surface area is 147 Å². The van der Waals surface area contributed by atoms with Crippen LogP contribution < -0.4 is 9.46 Å². The first-order chi connectivity index (χ1) is 11.9. The Morgan fingerprint density at radius 3 is 2.32 bits per heavy atom. The van der Waals surface area contributed by atoms with Gasteiger partial charge in [-0.15, -0.1) is 0 Å². The number of hydrogen-bond acceptors (Lipinski definition) is 5. The van der Waals surface area contributed by atoms with Crippen molar-refractivity contribution in [3.8, 4) is 5.75 Å². The van der Waals surface area contributed by atoms with Gasteiger partial charge >= 0.3 is 5.97 Å². The number of nitrogens with one attached hydrogen (secondary N) is 1. The summed E-state index contributed by atoms with van der Waals surface area (Å²) in [6.45, 7) is 2.05. The van der Waals surface area contributed by atoms with Crippen LogP contribution in [0.2, 0.25) is 0 Å². The predicted octanol–water partition coefficient (Wildman–Crippen LogP) is 2.31. The number of rotatable bonds is 7. The molecule has 2 aromatic carbocycles. The van der Waals surface area contributed by atoms with Gasteiger partial charge in [0, 0.05) is 6.54 Å². The second kappa shape index (κ2) is 8.13. The van der Waals surface area contributed by atoms with Crippen LogP contribution in [-0.2, 0) is 21.2 Å². The SMILES string of the molecule is COC(=O)c1ccc(CCNS(=O)(=O)c2ccc(OC)c(C)c2)cc1. The molecule has 25 heavy (non-hydrogen) atoms. The molecule has 0 spiro atoms. The summed E-state index contributed by atoms with van der Waals surface area (Å²) in [7, 11) is -0.716. The van der Waals surface area contributed by atoms with Gasteiger partial charge in [0.05, 0.1) is 24.7 Å². The zero-order valence-corrected chi connectivity index (χ0v) is 15.2. The molecule has 0 amide bonds. The third-order valence-electron chi connectivity index (χ3n) is 3.76. The molecule has 0 aromatic heterocycles. The lowest BCUT2D eigenvalue weighted by molar-refractivity contribution is 0.0600. The minimum atomic E-state index is -3.58. The van der Waals surface area contributed by atoms with Crippen LogP contribution in [0.1, 0.15) is 21.5 Å². The summed E-state index contributed by atoms with van der Waals surface area (Å²) in [5, 5.41) is 0. The Morgan fingerprint density at radius 1 is 1.08 bits per heavy atom. The molecule has 134 valence electrons. The molecule has 6 nitrogen and oxygen atoms in total. The third-order valence-corrected chi connectivity index (χ3v) is 5.22. The highest BCUT2D eigenvalue weighted by atomic mass is 32.2. The molecule has 0 fully saturated rings. The van der Waals surface area contributed by atoms with E-state index in [4.69, 9.17) is 4.74 Å². The molecular weight excluding hydrogens is 342 g/mol. The van der Waals surface area contributed by atoms with Crippen molar-refractivity contribution in [2.24, 2.45) is 0 Å². The highest BCUT2D eigenvalue weighted by Gasteiger charge is 2.15. The summed E-state index contributed by atoms with van der Waals surface area (Å²) in [6, 6.07) is 11.6. The summed E-state index contributed by atoms with van der Waals surface area (Å²) in [5.41, 5.74) is 2.13. The Kier molecular flexibility index (Phi) is 6.17. The molecule has 0 heterocycles. The van der Waals surface area contributed by atoms with Gasteiger partial charge in [-0.05, 0) is 54.8 Å². The summed E-state index contributed by atoms with van der Waals surface area (Å²) in [4.78, 5) is 11.6. The number of aryl methyl sites for hydroxylation is 1. The van der Waals surface area contributed by atoms with E-state index in [1.807, 2.05) is 0 Å². The van der Waals surface area contributed by atoms with Gasteiger partial charge in [-0.3, -0.25) is 0 Å². The van der Waals surface area contributed by atoms with Crippen LogP contribution in [-0.4, -0.2) is 35.2 Å². The van der Waals surface area contributed by atoms with E-state index in [2.05, 4.69) is 9.46 Å². The maximum atomic E-state index is 12.3. The number of methoxy groups -OCH3 is 2. The Morgan fingerprint density at radius 2 is 1.76 bits per heavy atom. The zero-order valence-electron chi connectivity index (χ0n) is 14.4. The fourth-order valence-corrected chi connectivity index (χ4v) is 3.47. The minimum absolute atomic E-state index is 0.201. The fraction of sp³-hybridized carbons (Fsp3) is 0.278. The van der Waals surface area contributed by atoms with Crippen LogP contribution in [0.4, 0.5) is 0 Å². The Balaban J connectivity index is 1.98. The molecule has 0 saturated carbocycles. The molecule has 0 aliphatic heterocycles. The van der Waals surface area contributed by atoms with Crippen molar-refractivity contribution in [2.45, 2.75) is 18.2 Å². The van der Waals surface area contributed by atoms with Crippen molar-refractivity contribution in [2.75, 3.05) is 20.8 Å². The van der Waals surface area contributed by atoms with Gasteiger partial charge in [-0.1, -0.05) is 12.1 Å². The van der Waals surface area contributed by atoms with Gasteiger partial charge in [-0.2, -0.15) is 0 Å². The Bertz CT molecular complexity index is 844. The van der Waals surface area contributed by atoms with Gasteiger partial charge in [0.15, 0.2) is 0 Å². The summed E-state index contributed by atoms with van der Waals surface area (Å²) >= 11 is 0. The van der Waals surface area contributed by atoms with Gasteiger partial charge in [0.2, 0.25) is 10.0 Å². The van der Waals surface area contributed by atoms with E-state index in [9.17, 15) is 13.2 Å². The number of carbonyl (C=O) groups excluding carboxylic acids is 1. The van der Waals surface area contributed by atoms with Gasteiger partial charge in [0.25, 0.3) is 0 Å². The number of carbonyl (C=O) groups is 1. The first-order valence-corrected chi connectivity index (χ1v) is 9.17. The molecule has 2 aromatic rings. The average Bonchev–Trinajstić information content (AvgIpc) is 2.61. The number of esters is 1. The van der Waals surface area contributed by atoms with E-state index in [0.717, 1.165) is 11.1 Å². The quantitative estimate of drug-likeness (QED) is 0.764. The van der Waals surface area contributed by atoms with Crippen LogP contribution in [0, 0.1) is 6.92 Å². The summed E-state index contributed by atoms with van der Waals surface area (Å²) in [6.07, 6.45) is 0.510. The molecular formula is C18H21NO5S. The lowest BCUT2D eigenvalue weighted by Gasteiger charge is -2.10. The molecule has 0 radical (unpaired) electrons. The fourth-order valence-electron chi connectivity index (χ4n) is 2.36. The number of benzene rings is 2. The number of ether oxygens (including phenoxy) is 2. The molecule has 0 bridgehead atoms. The summed E-state index contributed by atoms with van der Waals surface area (Å²) in [5.74, 6) is 0.242. The van der Waals surface area contributed by atoms with Crippen LogP contribution in [0.5, 0.6) is 5.75 Å². The first kappa shape index (κ1) is 19.0. The second-order valence-electron chi connectivity index (χ2n) is 5.47. The van der Waals surface area contributed by atoms with Gasteiger partial charge < -0.3 is 9.47 Å². The van der Waals surface area contributed by atoms with E-state index in [1.54, 1.807) is 50.4 Å². The molecule has 2 rings (SSSR count). The highest BCUT2D eigenvalue weighted by molar-refractivity contribution is 7.89. The first-order valence-electron chi connectivity index (χ1n) is 7.69. The second-order valence-corrected chi connectivity index (χ2v) is 7.23. The predicted molar refractivity (Wildman–Crippen MR) is 94.4 cm³/mol. The van der Waals surface area contributed by atoms with Crippen LogP contribution in [0.25, 0.3) is 0 Å². The van der Waals surface area contributed by atoms with E-state index >= 15 is 0 Å². The molecule has 0 saturated heterocycles. The van der Waals surface area contributed by atoms with Crippen LogP contribution in [0.3, 0.4) is 0 Å². The van der Waals surface area contributed by atoms with Gasteiger partial charge in [-0.25, -0.2) is 17.9 Å². The van der Waals surface area contributed by atoms with Crippen molar-refractivity contribution < 1.29 is 22.7 Å². The minimum Gasteiger partial charge on any atom is -0.496 e. The average molecular weight is 363 g/mol. The zero-order chi connectivity index (χ0) is 18.4. The van der Waals surface area contributed by atoms with E-state index in [0.29, 0.717) is 17.7 Å². The number of sulfonamides is 1. The number of hydrogen-bond donors (Lipinski definition) is 1. The molecule has 0 unspecified atom stereocenters. The highest BCUT2D eigenvalue weighted by Crippen LogP contribution is 2.21. The Hall–Kier alpha value is -2.38. The van der Waals surface area contributed by atoms with E-state index in [1.165, 1.54) is 13.2 Å². The van der Waals surface area contributed by atoms with E-state index < -0.39 is 16.0 Å². The molecule has 7 heteroatoms. The van der Waals surface area contributed by atoms with Crippen molar-refractivity contribution in [3.05, 3.63) is 59.2 Å². The van der Waals surface area contributed by atoms with Crippen molar-refractivity contribution in [1.29, 1.82) is 0 Å². The van der Waals surface area contributed by atoms with Crippen molar-refractivity contribution in [1.82, 2.24) is 4.72 Å². The van der Waals surface area contributed by atoms with Crippen LogP contribution in [0.15, 0.2) is 47.4 Å². The van der Waals surface area contributed by atoms with E-state index in [-0.39, 0.29) is 11.4 Å². The van der Waals surface area contributed by atoms with Gasteiger partial charge in [0.1, 0.15) is 5.75 Å². The van der Waals surface area contributed by atoms with Crippen molar-refractivity contribution in [3.63, 3.8) is 0 Å². The maximum absolute atomic E-state index is 12.3.